The molecular weight excluding hydrogens is 384 g/mol. The van der Waals surface area contributed by atoms with E-state index < -0.39 is 28.6 Å². The monoisotopic (exact) mass is 402 g/mol. The van der Waals surface area contributed by atoms with E-state index in [1.165, 1.54) is 18.6 Å². The van der Waals surface area contributed by atoms with Gasteiger partial charge in [0, 0.05) is 11.1 Å². The van der Waals surface area contributed by atoms with Gasteiger partial charge in [0.1, 0.15) is 5.56 Å². The molecule has 8 heteroatoms. The first-order chi connectivity index (χ1) is 13.4. The normalized spacial score (nSPS) is 16.6. The summed E-state index contributed by atoms with van der Waals surface area (Å²) in [7, 11) is 0. The van der Waals surface area contributed by atoms with Crippen molar-refractivity contribution in [3.8, 4) is 0 Å². The highest BCUT2D eigenvalue weighted by Gasteiger charge is 2.28. The van der Waals surface area contributed by atoms with E-state index in [9.17, 15) is 19.7 Å². The Kier molecular flexibility index (Phi) is 5.94. The summed E-state index contributed by atoms with van der Waals surface area (Å²) in [6.45, 7) is 1.43. The molecule has 0 aliphatic heterocycles. The summed E-state index contributed by atoms with van der Waals surface area (Å²) in [5, 5.41) is 14.2. The highest BCUT2D eigenvalue weighted by Crippen LogP contribution is 2.29. The number of esters is 1. The van der Waals surface area contributed by atoms with Gasteiger partial charge in [-0.15, -0.1) is 0 Å². The first-order valence-corrected chi connectivity index (χ1v) is 9.27. The molecule has 0 unspecified atom stereocenters. The Morgan fingerprint density at radius 2 is 2.04 bits per heavy atom. The maximum atomic E-state index is 12.5. The number of nitrogens with zero attached hydrogens (tertiary/aromatic N) is 1. The largest absolute Gasteiger partial charge is 0.449 e. The molecule has 1 N–H and O–H groups in total. The lowest BCUT2D eigenvalue weighted by molar-refractivity contribution is -0.385. The van der Waals surface area contributed by atoms with Crippen LogP contribution in [0.4, 0.5) is 5.69 Å². The van der Waals surface area contributed by atoms with E-state index in [1.54, 1.807) is 0 Å². The lowest BCUT2D eigenvalue weighted by Gasteiger charge is -2.27. The maximum absolute atomic E-state index is 12.5. The van der Waals surface area contributed by atoms with Crippen molar-refractivity contribution in [1.29, 1.82) is 0 Å². The lowest BCUT2D eigenvalue weighted by atomic mass is 9.87. The van der Waals surface area contributed by atoms with Gasteiger partial charge in [0.2, 0.25) is 0 Å². The van der Waals surface area contributed by atoms with Gasteiger partial charge in [0.25, 0.3) is 11.6 Å². The minimum atomic E-state index is -1.11. The van der Waals surface area contributed by atoms with Gasteiger partial charge in [-0.25, -0.2) is 4.79 Å². The molecule has 3 rings (SSSR count). The smallest absolute Gasteiger partial charge is 0.345 e. The van der Waals surface area contributed by atoms with Gasteiger partial charge in [0.05, 0.1) is 11.0 Å². The molecule has 7 nitrogen and oxygen atoms in total. The van der Waals surface area contributed by atoms with Crippen LogP contribution in [0.25, 0.3) is 0 Å². The van der Waals surface area contributed by atoms with Crippen molar-refractivity contribution in [3.63, 3.8) is 0 Å². The molecule has 1 amide bonds. The molecule has 0 saturated carbocycles. The summed E-state index contributed by atoms with van der Waals surface area (Å²) in [5.41, 5.74) is 1.53. The number of amides is 1. The van der Waals surface area contributed by atoms with Crippen molar-refractivity contribution in [2.24, 2.45) is 0 Å². The zero-order valence-corrected chi connectivity index (χ0v) is 15.9. The van der Waals surface area contributed by atoms with Gasteiger partial charge in [-0.1, -0.05) is 35.9 Å². The number of nitrogens with one attached hydrogen (secondary N) is 1. The summed E-state index contributed by atoms with van der Waals surface area (Å²) < 4.78 is 5.16. The molecule has 0 fully saturated rings. The molecule has 0 saturated heterocycles. The third-order valence-electron chi connectivity index (χ3n) is 4.71. The number of aryl methyl sites for hydroxylation is 1. The van der Waals surface area contributed by atoms with Crippen molar-refractivity contribution in [2.45, 2.75) is 38.3 Å². The molecule has 2 aromatic rings. The first kappa shape index (κ1) is 19.8. The zero-order valence-electron chi connectivity index (χ0n) is 15.2. The number of hydrogen-bond donors (Lipinski definition) is 1. The minimum Gasteiger partial charge on any atom is -0.449 e. The van der Waals surface area contributed by atoms with Gasteiger partial charge in [0.15, 0.2) is 6.10 Å². The van der Waals surface area contributed by atoms with Gasteiger partial charge < -0.3 is 10.1 Å². The standard InChI is InChI=1S/C20H19ClN2O5/c1-12(28-20(25)16-11-14(21)9-10-18(16)23(26)27)19(24)22-17-8-4-6-13-5-2-3-7-15(13)17/h2-3,5,7,9-12,17H,4,6,8H2,1H3,(H,22,24)/t12-,17+/m0/s1. The third-order valence-corrected chi connectivity index (χ3v) is 4.95. The predicted octanol–water partition coefficient (Wildman–Crippen LogP) is 3.99. The van der Waals surface area contributed by atoms with Gasteiger partial charge in [-0.05, 0) is 49.4 Å². The fraction of sp³-hybridized carbons (Fsp3) is 0.300. The number of nitro benzene ring substituents is 1. The number of fused-ring (bicyclic) bond motifs is 1. The molecule has 2 aromatic carbocycles. The van der Waals surface area contributed by atoms with Gasteiger partial charge >= 0.3 is 5.97 Å². The average Bonchev–Trinajstić information content (AvgIpc) is 2.67. The van der Waals surface area contributed by atoms with Crippen LogP contribution < -0.4 is 5.32 Å². The highest BCUT2D eigenvalue weighted by atomic mass is 35.5. The number of carbonyl (C=O) groups excluding carboxylic acids is 2. The van der Waals surface area contributed by atoms with Gasteiger partial charge in [-0.2, -0.15) is 0 Å². The SMILES string of the molecule is C[C@H](OC(=O)c1cc(Cl)ccc1[N+](=O)[O-])C(=O)N[C@@H]1CCCc2ccccc21. The second-order valence-electron chi connectivity index (χ2n) is 6.62. The van der Waals surface area contributed by atoms with E-state index in [0.29, 0.717) is 0 Å². The molecule has 0 bridgehead atoms. The number of nitro groups is 1. The highest BCUT2D eigenvalue weighted by molar-refractivity contribution is 6.31. The lowest BCUT2D eigenvalue weighted by Crippen LogP contribution is -2.39. The summed E-state index contributed by atoms with van der Waals surface area (Å²) in [5.74, 6) is -1.43. The van der Waals surface area contributed by atoms with E-state index in [1.807, 2.05) is 24.3 Å². The zero-order chi connectivity index (χ0) is 20.3. The van der Waals surface area contributed by atoms with Gasteiger partial charge in [-0.3, -0.25) is 14.9 Å². The second-order valence-corrected chi connectivity index (χ2v) is 7.05. The molecule has 0 radical (unpaired) electrons. The van der Waals surface area contributed by atoms with Crippen molar-refractivity contribution in [3.05, 3.63) is 74.3 Å². The Labute approximate surface area is 166 Å². The third kappa shape index (κ3) is 4.31. The molecule has 2 atom stereocenters. The first-order valence-electron chi connectivity index (χ1n) is 8.90. The van der Waals surface area contributed by atoms with Crippen LogP contribution in [0, 0.1) is 10.1 Å². The van der Waals surface area contributed by atoms with Crippen LogP contribution >= 0.6 is 11.6 Å². The number of hydrogen-bond acceptors (Lipinski definition) is 5. The summed E-state index contributed by atoms with van der Waals surface area (Å²) >= 11 is 5.83. The molecule has 146 valence electrons. The van der Waals surface area contributed by atoms with E-state index >= 15 is 0 Å². The number of benzene rings is 2. The van der Waals surface area contributed by atoms with Crippen molar-refractivity contribution >= 4 is 29.2 Å². The van der Waals surface area contributed by atoms with Crippen LogP contribution in [0.2, 0.25) is 5.02 Å². The maximum Gasteiger partial charge on any atom is 0.345 e. The van der Waals surface area contributed by atoms with Crippen LogP contribution in [-0.2, 0) is 16.0 Å². The van der Waals surface area contributed by atoms with Crippen LogP contribution in [0.5, 0.6) is 0 Å². The van der Waals surface area contributed by atoms with Crippen LogP contribution in [-0.4, -0.2) is 22.9 Å². The van der Waals surface area contributed by atoms with Crippen molar-refractivity contribution in [1.82, 2.24) is 5.32 Å². The number of ether oxygens (including phenoxy) is 1. The molecule has 28 heavy (non-hydrogen) atoms. The summed E-state index contributed by atoms with van der Waals surface area (Å²) in [6.07, 6.45) is 1.60. The molecule has 0 spiro atoms. The van der Waals surface area contributed by atoms with Crippen molar-refractivity contribution in [2.75, 3.05) is 0 Å². The van der Waals surface area contributed by atoms with E-state index in [2.05, 4.69) is 5.32 Å². The van der Waals surface area contributed by atoms with E-state index in [-0.39, 0.29) is 16.6 Å². The van der Waals surface area contributed by atoms with E-state index in [0.717, 1.165) is 37.0 Å². The minimum absolute atomic E-state index is 0.154. The Balaban J connectivity index is 1.69. The Morgan fingerprint density at radius 3 is 2.79 bits per heavy atom. The summed E-state index contributed by atoms with van der Waals surface area (Å²) in [4.78, 5) is 35.3. The Hall–Kier alpha value is -2.93. The Morgan fingerprint density at radius 1 is 1.29 bits per heavy atom. The quantitative estimate of drug-likeness (QED) is 0.463. The average molecular weight is 403 g/mol. The number of rotatable bonds is 5. The fourth-order valence-electron chi connectivity index (χ4n) is 3.30. The summed E-state index contributed by atoms with van der Waals surface area (Å²) in [6, 6.07) is 11.3. The van der Waals surface area contributed by atoms with Crippen LogP contribution in [0.1, 0.15) is 47.3 Å². The number of halogens is 1. The molecule has 0 heterocycles. The molecular formula is C20H19ClN2O5. The van der Waals surface area contributed by atoms with Crippen LogP contribution in [0.15, 0.2) is 42.5 Å². The predicted molar refractivity (Wildman–Crippen MR) is 103 cm³/mol. The number of carbonyl (C=O) groups is 2. The molecule has 0 aromatic heterocycles. The molecule has 1 aliphatic carbocycles. The molecule has 1 aliphatic rings. The topological polar surface area (TPSA) is 98.5 Å². The van der Waals surface area contributed by atoms with Crippen molar-refractivity contribution < 1.29 is 19.2 Å². The van der Waals surface area contributed by atoms with Crippen LogP contribution in [0.3, 0.4) is 0 Å². The second kappa shape index (κ2) is 8.39. The van der Waals surface area contributed by atoms with E-state index in [4.69, 9.17) is 16.3 Å². The fourth-order valence-corrected chi connectivity index (χ4v) is 3.47. The Bertz CT molecular complexity index is 931.